The number of aryl methyl sites for hydroxylation is 1. The van der Waals surface area contributed by atoms with Gasteiger partial charge in [-0.25, -0.2) is 0 Å². The summed E-state index contributed by atoms with van der Waals surface area (Å²) in [6.45, 7) is 8.00. The van der Waals surface area contributed by atoms with Gasteiger partial charge in [-0.3, -0.25) is 9.98 Å². The van der Waals surface area contributed by atoms with Crippen LogP contribution in [0.5, 0.6) is 0 Å². The van der Waals surface area contributed by atoms with Gasteiger partial charge in [0, 0.05) is 35.4 Å². The zero-order chi connectivity index (χ0) is 19.3. The molecule has 28 heavy (non-hydrogen) atoms. The maximum absolute atomic E-state index is 5.15. The molecule has 4 heterocycles. The van der Waals surface area contributed by atoms with E-state index in [1.807, 2.05) is 24.0 Å². The molecule has 0 aromatic carbocycles. The predicted octanol–water partition coefficient (Wildman–Crippen LogP) is 5.59. The van der Waals surface area contributed by atoms with Crippen molar-refractivity contribution in [3.8, 4) is 0 Å². The molecule has 2 aromatic heterocycles. The Kier molecular flexibility index (Phi) is 4.74. The van der Waals surface area contributed by atoms with Gasteiger partial charge in [-0.2, -0.15) is 0 Å². The summed E-state index contributed by atoms with van der Waals surface area (Å²) in [5.74, 6) is 0. The summed E-state index contributed by atoms with van der Waals surface area (Å²) < 4.78 is 2.63. The van der Waals surface area contributed by atoms with E-state index in [1.54, 1.807) is 0 Å². The summed E-state index contributed by atoms with van der Waals surface area (Å²) in [6.07, 6.45) is 8.67. The molecule has 1 aliphatic carbocycles. The second kappa shape index (κ2) is 7.25. The molecule has 5 rings (SSSR count). The Morgan fingerprint density at radius 2 is 1.93 bits per heavy atom. The highest BCUT2D eigenvalue weighted by Gasteiger charge is 2.44. The average molecular weight is 395 g/mol. The quantitative estimate of drug-likeness (QED) is 0.680. The van der Waals surface area contributed by atoms with E-state index in [0.29, 0.717) is 11.3 Å². The third-order valence-electron chi connectivity index (χ3n) is 6.66. The third-order valence-corrected chi connectivity index (χ3v) is 7.77. The van der Waals surface area contributed by atoms with Crippen LogP contribution in [0.15, 0.2) is 35.5 Å². The normalized spacial score (nSPS) is 27.9. The van der Waals surface area contributed by atoms with Crippen molar-refractivity contribution in [3.05, 3.63) is 53.1 Å². The van der Waals surface area contributed by atoms with Crippen LogP contribution >= 0.6 is 11.8 Å². The lowest BCUT2D eigenvalue weighted by Gasteiger charge is -2.29. The number of hydrogen-bond donors (Lipinski definition) is 0. The molecule has 148 valence electrons. The molecule has 2 aliphatic heterocycles. The molecule has 0 radical (unpaired) electrons. The number of aliphatic imine (C=N–C) groups is 1. The SMILES string of the molecule is Cc1cc(C2C(c3ccccn3)N=C3SC(C)CN32)c(C)n1C1CCCCC1. The molecule has 4 nitrogen and oxygen atoms in total. The van der Waals surface area contributed by atoms with Gasteiger partial charge in [0.05, 0.1) is 11.7 Å². The highest BCUT2D eigenvalue weighted by atomic mass is 32.2. The van der Waals surface area contributed by atoms with Gasteiger partial charge < -0.3 is 9.47 Å². The minimum atomic E-state index is 0.0940. The Labute approximate surface area is 172 Å². The number of amidine groups is 1. The van der Waals surface area contributed by atoms with Gasteiger partial charge in [0.25, 0.3) is 0 Å². The van der Waals surface area contributed by atoms with Crippen LogP contribution in [0, 0.1) is 13.8 Å². The monoisotopic (exact) mass is 394 g/mol. The van der Waals surface area contributed by atoms with Crippen LogP contribution in [0.4, 0.5) is 0 Å². The van der Waals surface area contributed by atoms with Crippen LogP contribution in [0.25, 0.3) is 0 Å². The lowest BCUT2D eigenvalue weighted by Crippen LogP contribution is -2.29. The molecular formula is C23H30N4S. The van der Waals surface area contributed by atoms with Crippen LogP contribution < -0.4 is 0 Å². The standard InChI is InChI=1S/C23H30N4S/c1-15-13-19(17(3)27(15)18-9-5-4-6-10-18)22-21(20-11-7-8-12-24-20)25-23-26(22)14-16(2)28-23/h7-8,11-13,16,18,21-22H,4-6,9-10,14H2,1-3H3. The van der Waals surface area contributed by atoms with Crippen LogP contribution in [0.3, 0.4) is 0 Å². The number of hydrogen-bond acceptors (Lipinski definition) is 4. The maximum atomic E-state index is 5.15. The van der Waals surface area contributed by atoms with Gasteiger partial charge in [-0.15, -0.1) is 0 Å². The van der Waals surface area contributed by atoms with Crippen LogP contribution in [0.1, 0.15) is 79.8 Å². The van der Waals surface area contributed by atoms with E-state index < -0.39 is 0 Å². The molecule has 3 unspecified atom stereocenters. The second-order valence-electron chi connectivity index (χ2n) is 8.63. The Bertz CT molecular complexity index is 882. The van der Waals surface area contributed by atoms with Crippen molar-refractivity contribution >= 4 is 16.9 Å². The molecule has 2 fully saturated rings. The van der Waals surface area contributed by atoms with Crippen molar-refractivity contribution in [2.75, 3.05) is 6.54 Å². The molecule has 3 atom stereocenters. The van der Waals surface area contributed by atoms with E-state index in [4.69, 9.17) is 4.99 Å². The molecule has 5 heteroatoms. The van der Waals surface area contributed by atoms with Gasteiger partial charge in [0.1, 0.15) is 6.04 Å². The molecule has 1 saturated carbocycles. The first-order chi connectivity index (χ1) is 13.6. The zero-order valence-corrected chi connectivity index (χ0v) is 18.0. The van der Waals surface area contributed by atoms with Gasteiger partial charge in [-0.1, -0.05) is 44.0 Å². The number of fused-ring (bicyclic) bond motifs is 1. The van der Waals surface area contributed by atoms with E-state index in [9.17, 15) is 0 Å². The number of aromatic nitrogens is 2. The molecule has 2 aromatic rings. The minimum absolute atomic E-state index is 0.0940. The van der Waals surface area contributed by atoms with Crippen molar-refractivity contribution in [2.24, 2.45) is 4.99 Å². The van der Waals surface area contributed by atoms with Crippen molar-refractivity contribution in [1.82, 2.24) is 14.5 Å². The highest BCUT2D eigenvalue weighted by molar-refractivity contribution is 8.14. The molecule has 0 spiro atoms. The highest BCUT2D eigenvalue weighted by Crippen LogP contribution is 2.49. The molecule has 0 amide bonds. The van der Waals surface area contributed by atoms with Crippen LogP contribution in [-0.2, 0) is 0 Å². The molecular weight excluding hydrogens is 364 g/mol. The van der Waals surface area contributed by atoms with E-state index in [0.717, 1.165) is 12.2 Å². The van der Waals surface area contributed by atoms with Crippen molar-refractivity contribution in [1.29, 1.82) is 0 Å². The maximum Gasteiger partial charge on any atom is 0.160 e. The van der Waals surface area contributed by atoms with E-state index >= 15 is 0 Å². The summed E-state index contributed by atoms with van der Waals surface area (Å²) in [4.78, 5) is 12.4. The fourth-order valence-electron chi connectivity index (χ4n) is 5.46. The summed E-state index contributed by atoms with van der Waals surface area (Å²) in [7, 11) is 0. The van der Waals surface area contributed by atoms with Gasteiger partial charge in [-0.05, 0) is 50.5 Å². The lowest BCUT2D eigenvalue weighted by atomic mass is 9.94. The number of thioether (sulfide) groups is 1. The van der Waals surface area contributed by atoms with Gasteiger partial charge in [0.15, 0.2) is 5.17 Å². The molecule has 0 bridgehead atoms. The molecule has 1 saturated heterocycles. The van der Waals surface area contributed by atoms with E-state index in [1.165, 1.54) is 54.2 Å². The fraction of sp³-hybridized carbons (Fsp3) is 0.565. The summed E-state index contributed by atoms with van der Waals surface area (Å²) in [5.41, 5.74) is 5.39. The van der Waals surface area contributed by atoms with E-state index in [-0.39, 0.29) is 12.1 Å². The lowest BCUT2D eigenvalue weighted by molar-refractivity contribution is 0.315. The number of rotatable bonds is 3. The first-order valence-electron chi connectivity index (χ1n) is 10.7. The Balaban J connectivity index is 1.56. The van der Waals surface area contributed by atoms with E-state index in [2.05, 4.69) is 53.4 Å². The Morgan fingerprint density at radius 3 is 2.68 bits per heavy atom. The summed E-state index contributed by atoms with van der Waals surface area (Å²) in [6, 6.07) is 9.69. The zero-order valence-electron chi connectivity index (χ0n) is 17.1. The Hall–Kier alpha value is -1.75. The number of nitrogens with zero attached hydrogens (tertiary/aromatic N) is 4. The molecule has 3 aliphatic rings. The first kappa shape index (κ1) is 18.3. The molecule has 0 N–H and O–H groups in total. The fourth-order valence-corrected chi connectivity index (χ4v) is 6.55. The second-order valence-corrected chi connectivity index (χ2v) is 10.0. The van der Waals surface area contributed by atoms with Crippen LogP contribution in [-0.4, -0.2) is 31.4 Å². The Morgan fingerprint density at radius 1 is 1.11 bits per heavy atom. The first-order valence-corrected chi connectivity index (χ1v) is 11.6. The smallest absolute Gasteiger partial charge is 0.160 e. The minimum Gasteiger partial charge on any atom is -0.346 e. The van der Waals surface area contributed by atoms with Crippen molar-refractivity contribution in [2.45, 2.75) is 76.3 Å². The summed E-state index contributed by atoms with van der Waals surface area (Å²) >= 11 is 1.92. The average Bonchev–Trinajstić information content (AvgIpc) is 3.33. The topological polar surface area (TPSA) is 33.4 Å². The van der Waals surface area contributed by atoms with Crippen molar-refractivity contribution in [3.63, 3.8) is 0 Å². The van der Waals surface area contributed by atoms with Crippen molar-refractivity contribution < 1.29 is 0 Å². The summed E-state index contributed by atoms with van der Waals surface area (Å²) in [5, 5.41) is 1.81. The number of pyridine rings is 1. The largest absolute Gasteiger partial charge is 0.346 e. The van der Waals surface area contributed by atoms with Gasteiger partial charge >= 0.3 is 0 Å². The van der Waals surface area contributed by atoms with Gasteiger partial charge in [0.2, 0.25) is 0 Å². The third kappa shape index (κ3) is 2.99. The predicted molar refractivity (Wildman–Crippen MR) is 117 cm³/mol. The van der Waals surface area contributed by atoms with Crippen LogP contribution in [0.2, 0.25) is 0 Å².